The minimum atomic E-state index is -0.0735. The SMILES string of the molecule is Cc1nnc(COc2ccccc2[C@@H](C)N)o1. The maximum absolute atomic E-state index is 5.86. The Morgan fingerprint density at radius 2 is 2.12 bits per heavy atom. The zero-order valence-electron chi connectivity index (χ0n) is 9.88. The Morgan fingerprint density at radius 1 is 1.35 bits per heavy atom. The van der Waals surface area contributed by atoms with Gasteiger partial charge in [0.1, 0.15) is 5.75 Å². The van der Waals surface area contributed by atoms with Crippen LogP contribution in [-0.2, 0) is 6.61 Å². The maximum Gasteiger partial charge on any atom is 0.253 e. The molecule has 0 bridgehead atoms. The number of aryl methyl sites for hydroxylation is 1. The van der Waals surface area contributed by atoms with E-state index in [1.165, 1.54) is 0 Å². The van der Waals surface area contributed by atoms with Gasteiger partial charge in [0.15, 0.2) is 6.61 Å². The Kier molecular flexibility index (Phi) is 3.39. The molecule has 1 aromatic heterocycles. The molecule has 0 aliphatic rings. The van der Waals surface area contributed by atoms with Gasteiger partial charge in [0.25, 0.3) is 5.89 Å². The number of aromatic nitrogens is 2. The fourth-order valence-electron chi connectivity index (χ4n) is 1.52. The van der Waals surface area contributed by atoms with Crippen LogP contribution >= 0.6 is 0 Å². The zero-order valence-corrected chi connectivity index (χ0v) is 9.88. The smallest absolute Gasteiger partial charge is 0.253 e. The monoisotopic (exact) mass is 233 g/mol. The van der Waals surface area contributed by atoms with Gasteiger partial charge in [0.05, 0.1) is 0 Å². The van der Waals surface area contributed by atoms with Crippen molar-refractivity contribution in [3.05, 3.63) is 41.6 Å². The highest BCUT2D eigenvalue weighted by atomic mass is 16.5. The highest BCUT2D eigenvalue weighted by Crippen LogP contribution is 2.23. The summed E-state index contributed by atoms with van der Waals surface area (Å²) in [5.41, 5.74) is 6.82. The predicted molar refractivity (Wildman–Crippen MR) is 62.4 cm³/mol. The van der Waals surface area contributed by atoms with Crippen molar-refractivity contribution in [2.75, 3.05) is 0 Å². The fourth-order valence-corrected chi connectivity index (χ4v) is 1.52. The van der Waals surface area contributed by atoms with Crippen LogP contribution in [0.4, 0.5) is 0 Å². The van der Waals surface area contributed by atoms with Crippen molar-refractivity contribution in [2.24, 2.45) is 5.73 Å². The summed E-state index contributed by atoms with van der Waals surface area (Å²) in [4.78, 5) is 0. The maximum atomic E-state index is 5.86. The first-order valence-corrected chi connectivity index (χ1v) is 5.43. The van der Waals surface area contributed by atoms with Crippen LogP contribution in [0.5, 0.6) is 5.75 Å². The molecular formula is C12H15N3O2. The molecule has 90 valence electrons. The molecule has 17 heavy (non-hydrogen) atoms. The Hall–Kier alpha value is -1.88. The number of para-hydroxylation sites is 1. The summed E-state index contributed by atoms with van der Waals surface area (Å²) in [6.45, 7) is 3.91. The molecule has 0 saturated carbocycles. The van der Waals surface area contributed by atoms with Gasteiger partial charge in [0.2, 0.25) is 5.89 Å². The largest absolute Gasteiger partial charge is 0.483 e. The molecule has 0 radical (unpaired) electrons. The number of rotatable bonds is 4. The van der Waals surface area contributed by atoms with Crippen molar-refractivity contribution in [1.82, 2.24) is 10.2 Å². The Labute approximate surface area is 99.6 Å². The van der Waals surface area contributed by atoms with Gasteiger partial charge < -0.3 is 14.9 Å². The van der Waals surface area contributed by atoms with Crippen molar-refractivity contribution >= 4 is 0 Å². The van der Waals surface area contributed by atoms with E-state index < -0.39 is 0 Å². The quantitative estimate of drug-likeness (QED) is 0.873. The van der Waals surface area contributed by atoms with Gasteiger partial charge in [-0.1, -0.05) is 18.2 Å². The molecule has 2 N–H and O–H groups in total. The molecule has 0 saturated heterocycles. The lowest BCUT2D eigenvalue weighted by atomic mass is 10.1. The van der Waals surface area contributed by atoms with Gasteiger partial charge in [-0.2, -0.15) is 0 Å². The summed E-state index contributed by atoms with van der Waals surface area (Å²) in [5, 5.41) is 7.60. The third-order valence-corrected chi connectivity index (χ3v) is 2.33. The molecule has 2 aromatic rings. The van der Waals surface area contributed by atoms with Crippen molar-refractivity contribution in [3.63, 3.8) is 0 Å². The van der Waals surface area contributed by atoms with Crippen LogP contribution in [0.2, 0.25) is 0 Å². The van der Waals surface area contributed by atoms with Crippen LogP contribution in [-0.4, -0.2) is 10.2 Å². The van der Waals surface area contributed by atoms with E-state index in [1.54, 1.807) is 6.92 Å². The molecule has 0 fully saturated rings. The van der Waals surface area contributed by atoms with Crippen LogP contribution in [0.1, 0.15) is 30.3 Å². The summed E-state index contributed by atoms with van der Waals surface area (Å²) in [6, 6.07) is 7.58. The molecule has 0 amide bonds. The van der Waals surface area contributed by atoms with E-state index in [0.29, 0.717) is 11.8 Å². The molecule has 0 aliphatic heterocycles. The van der Waals surface area contributed by atoms with Crippen molar-refractivity contribution in [3.8, 4) is 5.75 Å². The summed E-state index contributed by atoms with van der Waals surface area (Å²) in [5.74, 6) is 1.74. The number of nitrogens with zero attached hydrogens (tertiary/aromatic N) is 2. The molecule has 1 atom stereocenters. The molecule has 1 heterocycles. The summed E-state index contributed by atoms with van der Waals surface area (Å²) in [7, 11) is 0. The normalized spacial score (nSPS) is 12.4. The number of benzene rings is 1. The lowest BCUT2D eigenvalue weighted by Crippen LogP contribution is -2.08. The average molecular weight is 233 g/mol. The van der Waals surface area contributed by atoms with E-state index in [1.807, 2.05) is 31.2 Å². The topological polar surface area (TPSA) is 74.2 Å². The first-order chi connectivity index (χ1) is 8.16. The van der Waals surface area contributed by atoms with E-state index >= 15 is 0 Å². The molecule has 2 rings (SSSR count). The predicted octanol–water partition coefficient (Wildman–Crippen LogP) is 1.98. The third-order valence-electron chi connectivity index (χ3n) is 2.33. The molecule has 5 nitrogen and oxygen atoms in total. The summed E-state index contributed by atoms with van der Waals surface area (Å²) < 4.78 is 10.8. The van der Waals surface area contributed by atoms with E-state index in [2.05, 4.69) is 10.2 Å². The van der Waals surface area contributed by atoms with Crippen LogP contribution < -0.4 is 10.5 Å². The van der Waals surface area contributed by atoms with Crippen molar-refractivity contribution in [1.29, 1.82) is 0 Å². The Balaban J connectivity index is 2.08. The Morgan fingerprint density at radius 3 is 2.76 bits per heavy atom. The van der Waals surface area contributed by atoms with Crippen LogP contribution in [0.3, 0.4) is 0 Å². The lowest BCUT2D eigenvalue weighted by molar-refractivity contribution is 0.257. The second-order valence-electron chi connectivity index (χ2n) is 3.83. The average Bonchev–Trinajstić information content (AvgIpc) is 2.73. The first kappa shape index (κ1) is 11.6. The fraction of sp³-hybridized carbons (Fsp3) is 0.333. The van der Waals surface area contributed by atoms with Gasteiger partial charge in [-0.3, -0.25) is 0 Å². The minimum Gasteiger partial charge on any atom is -0.483 e. The summed E-state index contributed by atoms with van der Waals surface area (Å²) >= 11 is 0. The van der Waals surface area contributed by atoms with E-state index in [0.717, 1.165) is 11.3 Å². The highest BCUT2D eigenvalue weighted by Gasteiger charge is 2.09. The number of hydrogen-bond acceptors (Lipinski definition) is 5. The molecule has 5 heteroatoms. The standard InChI is InChI=1S/C12H15N3O2/c1-8(13)10-5-3-4-6-11(10)16-7-12-15-14-9(2)17-12/h3-6,8H,7,13H2,1-2H3/t8-/m1/s1. The molecule has 1 aromatic carbocycles. The summed E-state index contributed by atoms with van der Waals surface area (Å²) in [6.07, 6.45) is 0. The second-order valence-corrected chi connectivity index (χ2v) is 3.83. The second kappa shape index (κ2) is 4.97. The van der Waals surface area contributed by atoms with Gasteiger partial charge >= 0.3 is 0 Å². The molecular weight excluding hydrogens is 218 g/mol. The van der Waals surface area contributed by atoms with Crippen molar-refractivity contribution in [2.45, 2.75) is 26.5 Å². The van der Waals surface area contributed by atoms with Gasteiger partial charge in [-0.15, -0.1) is 10.2 Å². The molecule has 0 spiro atoms. The van der Waals surface area contributed by atoms with Gasteiger partial charge in [-0.05, 0) is 13.0 Å². The van der Waals surface area contributed by atoms with E-state index in [9.17, 15) is 0 Å². The third kappa shape index (κ3) is 2.82. The van der Waals surface area contributed by atoms with Gasteiger partial charge in [0, 0.05) is 18.5 Å². The van der Waals surface area contributed by atoms with Crippen LogP contribution in [0.25, 0.3) is 0 Å². The van der Waals surface area contributed by atoms with E-state index in [4.69, 9.17) is 14.9 Å². The highest BCUT2D eigenvalue weighted by molar-refractivity contribution is 5.35. The van der Waals surface area contributed by atoms with E-state index in [-0.39, 0.29) is 12.6 Å². The number of hydrogen-bond donors (Lipinski definition) is 1. The minimum absolute atomic E-state index is 0.0735. The van der Waals surface area contributed by atoms with Crippen LogP contribution in [0, 0.1) is 6.92 Å². The molecule has 0 unspecified atom stereocenters. The molecule has 0 aliphatic carbocycles. The lowest BCUT2D eigenvalue weighted by Gasteiger charge is -2.12. The van der Waals surface area contributed by atoms with Crippen LogP contribution in [0.15, 0.2) is 28.7 Å². The Bertz CT molecular complexity index is 494. The van der Waals surface area contributed by atoms with Crippen molar-refractivity contribution < 1.29 is 9.15 Å². The van der Waals surface area contributed by atoms with Gasteiger partial charge in [-0.25, -0.2) is 0 Å². The first-order valence-electron chi connectivity index (χ1n) is 5.43. The number of ether oxygens (including phenoxy) is 1. The number of nitrogens with two attached hydrogens (primary N) is 1. The zero-order chi connectivity index (χ0) is 12.3.